The molecule has 0 heterocycles. The maximum Gasteiger partial charge on any atom is 0.338 e. The Morgan fingerprint density at radius 1 is 1.04 bits per heavy atom. The van der Waals surface area contributed by atoms with Crippen molar-refractivity contribution in [2.75, 3.05) is 6.61 Å². The molecule has 5 heteroatoms. The molecular formula is C22H24N2O3. The summed E-state index contributed by atoms with van der Waals surface area (Å²) >= 11 is 0. The van der Waals surface area contributed by atoms with Gasteiger partial charge in [-0.15, -0.1) is 0 Å². The van der Waals surface area contributed by atoms with Gasteiger partial charge in [0.2, 0.25) is 0 Å². The Labute approximate surface area is 160 Å². The van der Waals surface area contributed by atoms with E-state index >= 15 is 0 Å². The minimum absolute atomic E-state index is 0.181. The summed E-state index contributed by atoms with van der Waals surface area (Å²) in [5, 5.41) is 11.6. The van der Waals surface area contributed by atoms with Crippen LogP contribution in [0.4, 0.5) is 0 Å². The fourth-order valence-electron chi connectivity index (χ4n) is 2.68. The van der Waals surface area contributed by atoms with Crippen LogP contribution in [0.5, 0.6) is 0 Å². The molecule has 0 spiro atoms. The van der Waals surface area contributed by atoms with Crippen molar-refractivity contribution in [3.8, 4) is 6.07 Å². The number of esters is 1. The van der Waals surface area contributed by atoms with Crippen LogP contribution < -0.4 is 5.32 Å². The first kappa shape index (κ1) is 20.2. The zero-order valence-electron chi connectivity index (χ0n) is 15.9. The van der Waals surface area contributed by atoms with E-state index in [9.17, 15) is 9.59 Å². The second kappa shape index (κ2) is 9.54. The number of hydrogen-bond donors (Lipinski definition) is 1. The van der Waals surface area contributed by atoms with Gasteiger partial charge >= 0.3 is 5.97 Å². The molecule has 0 fully saturated rings. The number of nitrogens with one attached hydrogen (secondary N) is 1. The Balaban J connectivity index is 1.83. The van der Waals surface area contributed by atoms with Crippen LogP contribution in [0.15, 0.2) is 48.5 Å². The van der Waals surface area contributed by atoms with Crippen molar-refractivity contribution >= 4 is 11.9 Å². The van der Waals surface area contributed by atoms with Gasteiger partial charge in [-0.3, -0.25) is 4.79 Å². The van der Waals surface area contributed by atoms with Gasteiger partial charge < -0.3 is 10.1 Å². The summed E-state index contributed by atoms with van der Waals surface area (Å²) in [5.74, 6) is -0.366. The van der Waals surface area contributed by atoms with E-state index in [1.807, 2.05) is 25.1 Å². The van der Waals surface area contributed by atoms with Gasteiger partial charge in [0.1, 0.15) is 0 Å². The van der Waals surface area contributed by atoms with Crippen LogP contribution in [0, 0.1) is 17.2 Å². The topological polar surface area (TPSA) is 79.2 Å². The van der Waals surface area contributed by atoms with Gasteiger partial charge in [-0.1, -0.05) is 38.1 Å². The highest BCUT2D eigenvalue weighted by molar-refractivity contribution is 5.91. The van der Waals surface area contributed by atoms with Gasteiger partial charge in [0.25, 0.3) is 5.91 Å². The van der Waals surface area contributed by atoms with Gasteiger partial charge in [0.15, 0.2) is 6.61 Å². The molecule has 0 aromatic heterocycles. The molecule has 1 atom stereocenters. The summed E-state index contributed by atoms with van der Waals surface area (Å²) in [6, 6.07) is 16.0. The lowest BCUT2D eigenvalue weighted by molar-refractivity contribution is -0.124. The van der Waals surface area contributed by atoms with Crippen molar-refractivity contribution in [3.05, 3.63) is 70.8 Å². The van der Waals surface area contributed by atoms with Crippen LogP contribution in [-0.2, 0) is 16.0 Å². The molecular weight excluding hydrogens is 340 g/mol. The summed E-state index contributed by atoms with van der Waals surface area (Å²) in [4.78, 5) is 24.0. The summed E-state index contributed by atoms with van der Waals surface area (Å²) in [6.07, 6.45) is 1.02. The predicted molar refractivity (Wildman–Crippen MR) is 103 cm³/mol. The van der Waals surface area contributed by atoms with Crippen molar-refractivity contribution in [2.24, 2.45) is 5.92 Å². The standard InChI is InChI=1S/C22H24N2O3/c1-15(2)12-17-4-8-19(9-5-17)16(3)24-21(25)14-27-22(26)20-10-6-18(13-23)7-11-20/h4-11,15-16H,12,14H2,1-3H3,(H,24,25)/t16-/m0/s1. The molecule has 140 valence electrons. The van der Waals surface area contributed by atoms with E-state index in [0.29, 0.717) is 17.0 Å². The molecule has 2 aromatic rings. The normalized spacial score (nSPS) is 11.5. The van der Waals surface area contributed by atoms with Gasteiger partial charge in [-0.25, -0.2) is 4.79 Å². The second-order valence-electron chi connectivity index (χ2n) is 6.89. The zero-order chi connectivity index (χ0) is 19.8. The molecule has 1 N–H and O–H groups in total. The number of amides is 1. The molecule has 0 aliphatic rings. The minimum Gasteiger partial charge on any atom is -0.452 e. The fraction of sp³-hybridized carbons (Fsp3) is 0.318. The molecule has 0 aliphatic heterocycles. The molecule has 0 bridgehead atoms. The largest absolute Gasteiger partial charge is 0.452 e. The number of ether oxygens (including phenoxy) is 1. The van der Waals surface area contributed by atoms with E-state index in [4.69, 9.17) is 10.00 Å². The number of benzene rings is 2. The van der Waals surface area contributed by atoms with Crippen molar-refractivity contribution in [1.29, 1.82) is 5.26 Å². The van der Waals surface area contributed by atoms with E-state index in [0.717, 1.165) is 12.0 Å². The van der Waals surface area contributed by atoms with Crippen LogP contribution in [0.2, 0.25) is 0 Å². The third-order valence-corrected chi connectivity index (χ3v) is 4.09. The Kier molecular flexibility index (Phi) is 7.13. The van der Waals surface area contributed by atoms with Crippen LogP contribution in [0.25, 0.3) is 0 Å². The molecule has 1 amide bonds. The maximum atomic E-state index is 12.0. The van der Waals surface area contributed by atoms with Gasteiger partial charge in [0.05, 0.1) is 23.2 Å². The first-order valence-electron chi connectivity index (χ1n) is 8.94. The Hall–Kier alpha value is -3.13. The third-order valence-electron chi connectivity index (χ3n) is 4.09. The molecule has 0 aliphatic carbocycles. The van der Waals surface area contributed by atoms with Crippen molar-refractivity contribution in [2.45, 2.75) is 33.2 Å². The fourth-order valence-corrected chi connectivity index (χ4v) is 2.68. The highest BCUT2D eigenvalue weighted by Gasteiger charge is 2.13. The average Bonchev–Trinajstić information content (AvgIpc) is 2.66. The molecule has 2 aromatic carbocycles. The lowest BCUT2D eigenvalue weighted by Gasteiger charge is -2.15. The number of nitriles is 1. The van der Waals surface area contributed by atoms with Crippen LogP contribution in [-0.4, -0.2) is 18.5 Å². The lowest BCUT2D eigenvalue weighted by Crippen LogP contribution is -2.31. The summed E-state index contributed by atoms with van der Waals surface area (Å²) in [5.41, 5.74) is 3.02. The average molecular weight is 364 g/mol. The van der Waals surface area contributed by atoms with Crippen molar-refractivity contribution < 1.29 is 14.3 Å². The smallest absolute Gasteiger partial charge is 0.338 e. The van der Waals surface area contributed by atoms with Crippen LogP contribution in [0.3, 0.4) is 0 Å². The first-order chi connectivity index (χ1) is 12.9. The number of rotatable bonds is 7. The second-order valence-corrected chi connectivity index (χ2v) is 6.89. The lowest BCUT2D eigenvalue weighted by atomic mass is 10.00. The van der Waals surface area contributed by atoms with Crippen molar-refractivity contribution in [3.63, 3.8) is 0 Å². The predicted octanol–water partition coefficient (Wildman–Crippen LogP) is 3.79. The number of carbonyl (C=O) groups excluding carboxylic acids is 2. The van der Waals surface area contributed by atoms with E-state index < -0.39 is 5.97 Å². The third kappa shape index (κ3) is 6.27. The van der Waals surface area contributed by atoms with Gasteiger partial charge in [-0.2, -0.15) is 5.26 Å². The van der Waals surface area contributed by atoms with Crippen molar-refractivity contribution in [1.82, 2.24) is 5.32 Å². The SMILES string of the molecule is CC(C)Cc1ccc([C@H](C)NC(=O)COC(=O)c2ccc(C#N)cc2)cc1. The van der Waals surface area contributed by atoms with E-state index in [1.54, 1.807) is 0 Å². The summed E-state index contributed by atoms with van der Waals surface area (Å²) in [6.45, 7) is 5.89. The summed E-state index contributed by atoms with van der Waals surface area (Å²) in [7, 11) is 0. The number of carbonyl (C=O) groups is 2. The number of nitrogens with zero attached hydrogens (tertiary/aromatic N) is 1. The monoisotopic (exact) mass is 364 g/mol. The Morgan fingerprint density at radius 2 is 1.67 bits per heavy atom. The zero-order valence-corrected chi connectivity index (χ0v) is 15.9. The van der Waals surface area contributed by atoms with Crippen LogP contribution >= 0.6 is 0 Å². The highest BCUT2D eigenvalue weighted by Crippen LogP contribution is 2.15. The summed E-state index contributed by atoms with van der Waals surface area (Å²) < 4.78 is 5.03. The van der Waals surface area contributed by atoms with E-state index in [2.05, 4.69) is 31.3 Å². The minimum atomic E-state index is -0.597. The van der Waals surface area contributed by atoms with E-state index in [1.165, 1.54) is 29.8 Å². The molecule has 2 rings (SSSR count). The van der Waals surface area contributed by atoms with Gasteiger partial charge in [-0.05, 0) is 54.7 Å². The molecule has 0 saturated heterocycles. The Bertz CT molecular complexity index is 818. The maximum absolute atomic E-state index is 12.0. The molecule has 27 heavy (non-hydrogen) atoms. The number of hydrogen-bond acceptors (Lipinski definition) is 4. The molecule has 5 nitrogen and oxygen atoms in total. The molecule has 0 saturated carbocycles. The van der Waals surface area contributed by atoms with Gasteiger partial charge in [0, 0.05) is 0 Å². The van der Waals surface area contributed by atoms with Crippen LogP contribution in [0.1, 0.15) is 53.9 Å². The Morgan fingerprint density at radius 3 is 2.22 bits per heavy atom. The molecule has 0 unspecified atom stereocenters. The molecule has 0 radical (unpaired) electrons. The first-order valence-corrected chi connectivity index (χ1v) is 8.94. The van der Waals surface area contributed by atoms with E-state index in [-0.39, 0.29) is 18.6 Å². The highest BCUT2D eigenvalue weighted by atomic mass is 16.5. The quantitative estimate of drug-likeness (QED) is 0.758.